The molecule has 8 heteroatoms. The molecule has 1 fully saturated rings. The number of benzene rings is 1. The summed E-state index contributed by atoms with van der Waals surface area (Å²) >= 11 is 0. The Hall–Kier alpha value is -1.67. The van der Waals surface area contributed by atoms with Gasteiger partial charge in [-0.25, -0.2) is 4.39 Å². The smallest absolute Gasteiger partial charge is 0.380 e. The van der Waals surface area contributed by atoms with Gasteiger partial charge in [0.2, 0.25) is 5.91 Å². The van der Waals surface area contributed by atoms with E-state index < -0.39 is 29.5 Å². The summed E-state index contributed by atoms with van der Waals surface area (Å²) in [5.41, 5.74) is 4.14. The average molecular weight is 320 g/mol. The Morgan fingerprint density at radius 3 is 2.68 bits per heavy atom. The van der Waals surface area contributed by atoms with Crippen LogP contribution in [0.25, 0.3) is 0 Å². The molecule has 1 amide bonds. The molecule has 0 aromatic heterocycles. The summed E-state index contributed by atoms with van der Waals surface area (Å²) in [5, 5.41) is 0. The van der Waals surface area contributed by atoms with E-state index in [4.69, 9.17) is 10.5 Å². The maximum absolute atomic E-state index is 13.1. The summed E-state index contributed by atoms with van der Waals surface area (Å²) in [6.07, 6.45) is -4.61. The first kappa shape index (κ1) is 16.7. The van der Waals surface area contributed by atoms with E-state index >= 15 is 0 Å². The van der Waals surface area contributed by atoms with E-state index in [0.717, 1.165) is 12.1 Å². The van der Waals surface area contributed by atoms with Gasteiger partial charge in [0.25, 0.3) is 0 Å². The minimum absolute atomic E-state index is 0.100. The SMILES string of the molecule is CO[C@H]1C[C@@H](C(N)=O)N(Cc2ccc(F)cc2C(F)(F)F)C1. The van der Waals surface area contributed by atoms with Gasteiger partial charge < -0.3 is 10.5 Å². The Labute approximate surface area is 124 Å². The van der Waals surface area contributed by atoms with Gasteiger partial charge in [-0.05, 0) is 24.1 Å². The zero-order chi connectivity index (χ0) is 16.5. The quantitative estimate of drug-likeness (QED) is 0.863. The Bertz CT molecular complexity index is 562. The second kappa shape index (κ2) is 6.21. The molecule has 0 bridgehead atoms. The van der Waals surface area contributed by atoms with Crippen LogP contribution in [-0.4, -0.2) is 36.6 Å². The normalized spacial score (nSPS) is 23.0. The third kappa shape index (κ3) is 3.56. The number of methoxy groups -OCH3 is 1. The Kier molecular flexibility index (Phi) is 4.72. The Morgan fingerprint density at radius 2 is 2.14 bits per heavy atom. The van der Waals surface area contributed by atoms with Crippen LogP contribution in [0.1, 0.15) is 17.5 Å². The van der Waals surface area contributed by atoms with Crippen molar-refractivity contribution in [2.24, 2.45) is 5.73 Å². The lowest BCUT2D eigenvalue weighted by molar-refractivity contribution is -0.138. The minimum Gasteiger partial charge on any atom is -0.380 e. The number of halogens is 4. The van der Waals surface area contributed by atoms with Gasteiger partial charge in [-0.3, -0.25) is 9.69 Å². The van der Waals surface area contributed by atoms with E-state index in [2.05, 4.69) is 0 Å². The van der Waals surface area contributed by atoms with Crippen LogP contribution in [0.4, 0.5) is 17.6 Å². The van der Waals surface area contributed by atoms with Crippen LogP contribution in [-0.2, 0) is 22.3 Å². The van der Waals surface area contributed by atoms with E-state index in [1.54, 1.807) is 0 Å². The Morgan fingerprint density at radius 1 is 1.45 bits per heavy atom. The third-order valence-corrected chi connectivity index (χ3v) is 3.78. The monoisotopic (exact) mass is 320 g/mol. The van der Waals surface area contributed by atoms with Crippen LogP contribution in [0.5, 0.6) is 0 Å². The van der Waals surface area contributed by atoms with E-state index in [9.17, 15) is 22.4 Å². The van der Waals surface area contributed by atoms with Crippen LogP contribution in [0.15, 0.2) is 18.2 Å². The lowest BCUT2D eigenvalue weighted by atomic mass is 10.1. The Balaban J connectivity index is 2.28. The molecule has 1 aliphatic heterocycles. The fourth-order valence-corrected chi connectivity index (χ4v) is 2.67. The summed E-state index contributed by atoms with van der Waals surface area (Å²) in [5.74, 6) is -1.58. The summed E-state index contributed by atoms with van der Waals surface area (Å²) in [6, 6.07) is 1.80. The number of carbonyl (C=O) groups is 1. The van der Waals surface area contributed by atoms with Crippen molar-refractivity contribution in [2.75, 3.05) is 13.7 Å². The standard InChI is InChI=1S/C14H16F4N2O2/c1-22-10-5-12(13(19)21)20(7-10)6-8-2-3-9(15)4-11(8)14(16,17)18/h2-4,10,12H,5-7H2,1H3,(H2,19,21)/t10-,12-/m0/s1. The molecule has 0 saturated carbocycles. The number of nitrogens with zero attached hydrogens (tertiary/aromatic N) is 1. The van der Waals surface area contributed by atoms with Crippen LogP contribution in [0.3, 0.4) is 0 Å². The van der Waals surface area contributed by atoms with E-state index in [1.165, 1.54) is 12.0 Å². The second-order valence-corrected chi connectivity index (χ2v) is 5.24. The van der Waals surface area contributed by atoms with Crippen molar-refractivity contribution in [3.8, 4) is 0 Å². The first-order valence-corrected chi connectivity index (χ1v) is 6.64. The molecule has 1 saturated heterocycles. The van der Waals surface area contributed by atoms with Gasteiger partial charge in [-0.1, -0.05) is 6.07 Å². The molecule has 0 aliphatic carbocycles. The molecule has 22 heavy (non-hydrogen) atoms. The highest BCUT2D eigenvalue weighted by molar-refractivity contribution is 5.80. The predicted molar refractivity (Wildman–Crippen MR) is 70.2 cm³/mol. The van der Waals surface area contributed by atoms with E-state index in [1.807, 2.05) is 0 Å². The van der Waals surface area contributed by atoms with Crippen LogP contribution < -0.4 is 5.73 Å². The molecule has 0 unspecified atom stereocenters. The van der Waals surface area contributed by atoms with Crippen LogP contribution in [0, 0.1) is 5.82 Å². The number of nitrogens with two attached hydrogens (primary N) is 1. The maximum Gasteiger partial charge on any atom is 0.416 e. The van der Waals surface area contributed by atoms with Crippen molar-refractivity contribution in [1.82, 2.24) is 4.90 Å². The highest BCUT2D eigenvalue weighted by Crippen LogP contribution is 2.34. The van der Waals surface area contributed by atoms with Crippen molar-refractivity contribution in [3.63, 3.8) is 0 Å². The molecule has 2 rings (SSSR count). The minimum atomic E-state index is -4.67. The average Bonchev–Trinajstić information content (AvgIpc) is 2.83. The van der Waals surface area contributed by atoms with Crippen molar-refractivity contribution in [1.29, 1.82) is 0 Å². The number of ether oxygens (including phenoxy) is 1. The molecule has 1 aliphatic rings. The number of hydrogen-bond donors (Lipinski definition) is 1. The lowest BCUT2D eigenvalue weighted by Crippen LogP contribution is -2.40. The number of carbonyl (C=O) groups excluding carboxylic acids is 1. The number of hydrogen-bond acceptors (Lipinski definition) is 3. The number of amides is 1. The van der Waals surface area contributed by atoms with Crippen molar-refractivity contribution in [2.45, 2.75) is 31.3 Å². The molecule has 2 atom stereocenters. The third-order valence-electron chi connectivity index (χ3n) is 3.78. The second-order valence-electron chi connectivity index (χ2n) is 5.24. The molecule has 122 valence electrons. The summed E-state index contributed by atoms with van der Waals surface area (Å²) in [6.45, 7) is 0.140. The van der Waals surface area contributed by atoms with Gasteiger partial charge in [0.1, 0.15) is 5.82 Å². The molecular weight excluding hydrogens is 304 g/mol. The molecular formula is C14H16F4N2O2. The highest BCUT2D eigenvalue weighted by Gasteiger charge is 2.38. The zero-order valence-electron chi connectivity index (χ0n) is 11.9. The van der Waals surface area contributed by atoms with Crippen LogP contribution in [0.2, 0.25) is 0 Å². The van der Waals surface area contributed by atoms with Gasteiger partial charge >= 0.3 is 6.18 Å². The molecule has 2 N–H and O–H groups in total. The highest BCUT2D eigenvalue weighted by atomic mass is 19.4. The van der Waals surface area contributed by atoms with Crippen molar-refractivity contribution in [3.05, 3.63) is 35.1 Å². The van der Waals surface area contributed by atoms with Gasteiger partial charge in [0.15, 0.2) is 0 Å². The fourth-order valence-electron chi connectivity index (χ4n) is 2.67. The first-order chi connectivity index (χ1) is 10.2. The van der Waals surface area contributed by atoms with E-state index in [0.29, 0.717) is 19.0 Å². The topological polar surface area (TPSA) is 55.6 Å². The summed E-state index contributed by atoms with van der Waals surface area (Å²) in [7, 11) is 1.46. The molecule has 1 aromatic carbocycles. The number of primary amides is 1. The van der Waals surface area contributed by atoms with Gasteiger partial charge in [0, 0.05) is 20.2 Å². The molecule has 0 radical (unpaired) electrons. The predicted octanol–water partition coefficient (Wildman–Crippen LogP) is 1.92. The molecule has 4 nitrogen and oxygen atoms in total. The largest absolute Gasteiger partial charge is 0.416 e. The number of rotatable bonds is 4. The van der Waals surface area contributed by atoms with Gasteiger partial charge in [-0.15, -0.1) is 0 Å². The van der Waals surface area contributed by atoms with Crippen LogP contribution >= 0.6 is 0 Å². The van der Waals surface area contributed by atoms with E-state index in [-0.39, 0.29) is 18.2 Å². The summed E-state index contributed by atoms with van der Waals surface area (Å²) < 4.78 is 57.2. The summed E-state index contributed by atoms with van der Waals surface area (Å²) in [4.78, 5) is 13.0. The van der Waals surface area contributed by atoms with Gasteiger partial charge in [0.05, 0.1) is 17.7 Å². The maximum atomic E-state index is 13.1. The molecule has 1 heterocycles. The zero-order valence-corrected chi connectivity index (χ0v) is 11.9. The first-order valence-electron chi connectivity index (χ1n) is 6.64. The molecule has 1 aromatic rings. The lowest BCUT2D eigenvalue weighted by Gasteiger charge is -2.23. The fraction of sp³-hybridized carbons (Fsp3) is 0.500. The number of alkyl halides is 3. The van der Waals surface area contributed by atoms with Crippen molar-refractivity contribution >= 4 is 5.91 Å². The van der Waals surface area contributed by atoms with Crippen molar-refractivity contribution < 1.29 is 27.1 Å². The molecule has 0 spiro atoms. The van der Waals surface area contributed by atoms with Gasteiger partial charge in [-0.2, -0.15) is 13.2 Å². The number of likely N-dealkylation sites (tertiary alicyclic amines) is 1.